The van der Waals surface area contributed by atoms with Crippen LogP contribution in [0.3, 0.4) is 0 Å². The first kappa shape index (κ1) is 20.5. The molecule has 2 aromatic carbocycles. The van der Waals surface area contributed by atoms with E-state index in [2.05, 4.69) is 10.2 Å². The number of nitrogens with zero attached hydrogens (tertiary/aromatic N) is 3. The van der Waals surface area contributed by atoms with Crippen molar-refractivity contribution in [2.24, 2.45) is 15.9 Å². The van der Waals surface area contributed by atoms with Gasteiger partial charge >= 0.3 is 0 Å². The van der Waals surface area contributed by atoms with Crippen LogP contribution >= 0.6 is 11.8 Å². The lowest BCUT2D eigenvalue weighted by Gasteiger charge is -2.17. The minimum Gasteiger partial charge on any atom is -0.495 e. The molecule has 0 radical (unpaired) electrons. The van der Waals surface area contributed by atoms with Crippen LogP contribution < -0.4 is 15.4 Å². The van der Waals surface area contributed by atoms with Crippen LogP contribution in [0, 0.1) is 5.82 Å². The Morgan fingerprint density at radius 2 is 1.86 bits per heavy atom. The number of rotatable bonds is 5. The minimum atomic E-state index is -0.697. The highest BCUT2D eigenvalue weighted by molar-refractivity contribution is 8.14. The van der Waals surface area contributed by atoms with Gasteiger partial charge in [0, 0.05) is 6.42 Å². The molecule has 2 aromatic rings. The van der Waals surface area contributed by atoms with Gasteiger partial charge in [0.2, 0.25) is 11.8 Å². The fourth-order valence-corrected chi connectivity index (χ4v) is 3.62. The molecule has 1 saturated heterocycles. The predicted octanol–water partition coefficient (Wildman–Crippen LogP) is 2.94. The molecule has 29 heavy (non-hydrogen) atoms. The summed E-state index contributed by atoms with van der Waals surface area (Å²) < 4.78 is 18.2. The van der Waals surface area contributed by atoms with Crippen LogP contribution in [-0.4, -0.2) is 35.1 Å². The number of amides is 2. The Labute approximate surface area is 171 Å². The predicted molar refractivity (Wildman–Crippen MR) is 112 cm³/mol. The number of anilines is 1. The number of halogens is 1. The first-order valence-electron chi connectivity index (χ1n) is 8.71. The summed E-state index contributed by atoms with van der Waals surface area (Å²) in [6, 6.07) is 12.6. The number of para-hydroxylation sites is 2. The summed E-state index contributed by atoms with van der Waals surface area (Å²) in [5, 5.41) is 7.30. The van der Waals surface area contributed by atoms with Crippen molar-refractivity contribution in [3.8, 4) is 5.75 Å². The third-order valence-corrected chi connectivity index (χ3v) is 5.23. The van der Waals surface area contributed by atoms with Crippen LogP contribution in [0.2, 0.25) is 0 Å². The zero-order chi connectivity index (χ0) is 21.0. The van der Waals surface area contributed by atoms with Gasteiger partial charge < -0.3 is 10.5 Å². The van der Waals surface area contributed by atoms with Gasteiger partial charge in [0.05, 0.1) is 18.5 Å². The van der Waals surface area contributed by atoms with Gasteiger partial charge in [0.15, 0.2) is 5.17 Å². The zero-order valence-electron chi connectivity index (χ0n) is 15.8. The second-order valence-electron chi connectivity index (χ2n) is 6.18. The number of hydrogen-bond donors (Lipinski definition) is 1. The van der Waals surface area contributed by atoms with Crippen LogP contribution in [0.1, 0.15) is 18.9 Å². The van der Waals surface area contributed by atoms with E-state index in [0.717, 1.165) is 16.7 Å². The van der Waals surface area contributed by atoms with Crippen LogP contribution in [0.15, 0.2) is 58.7 Å². The van der Waals surface area contributed by atoms with Gasteiger partial charge in [-0.15, -0.1) is 5.10 Å². The quantitative estimate of drug-likeness (QED) is 0.351. The van der Waals surface area contributed by atoms with E-state index in [0.29, 0.717) is 22.7 Å². The van der Waals surface area contributed by atoms with Crippen molar-refractivity contribution in [2.45, 2.75) is 18.6 Å². The van der Waals surface area contributed by atoms with E-state index >= 15 is 0 Å². The molecule has 150 valence electrons. The van der Waals surface area contributed by atoms with Crippen molar-refractivity contribution in [3.63, 3.8) is 0 Å². The maximum atomic E-state index is 13.0. The summed E-state index contributed by atoms with van der Waals surface area (Å²) in [5.41, 5.74) is 7.52. The van der Waals surface area contributed by atoms with E-state index < -0.39 is 5.25 Å². The number of hydrogen-bond acceptors (Lipinski definition) is 6. The van der Waals surface area contributed by atoms with Crippen LogP contribution in [0.25, 0.3) is 0 Å². The normalized spacial score (nSPS) is 17.8. The van der Waals surface area contributed by atoms with Gasteiger partial charge in [-0.3, -0.25) is 9.59 Å². The van der Waals surface area contributed by atoms with Gasteiger partial charge in [0.1, 0.15) is 16.8 Å². The smallest absolute Gasteiger partial charge is 0.248 e. The van der Waals surface area contributed by atoms with Gasteiger partial charge in [-0.05, 0) is 36.8 Å². The highest BCUT2D eigenvalue weighted by atomic mass is 32.2. The van der Waals surface area contributed by atoms with E-state index in [9.17, 15) is 14.0 Å². The Morgan fingerprint density at radius 1 is 1.17 bits per heavy atom. The van der Waals surface area contributed by atoms with E-state index in [1.165, 1.54) is 19.2 Å². The van der Waals surface area contributed by atoms with Crippen molar-refractivity contribution in [2.75, 3.05) is 12.0 Å². The number of thioether (sulfide) groups is 1. The van der Waals surface area contributed by atoms with Gasteiger partial charge in [-0.2, -0.15) is 5.10 Å². The molecular weight excluding hydrogens is 395 g/mol. The molecular formula is C20H19FN4O3S. The summed E-state index contributed by atoms with van der Waals surface area (Å²) in [6.45, 7) is 1.71. The molecule has 7 nitrogen and oxygen atoms in total. The summed E-state index contributed by atoms with van der Waals surface area (Å²) in [4.78, 5) is 26.3. The molecule has 1 heterocycles. The highest BCUT2D eigenvalue weighted by Crippen LogP contribution is 2.35. The summed E-state index contributed by atoms with van der Waals surface area (Å²) >= 11 is 0.978. The molecule has 2 N–H and O–H groups in total. The van der Waals surface area contributed by atoms with Crippen molar-refractivity contribution in [1.29, 1.82) is 0 Å². The van der Waals surface area contributed by atoms with Crippen molar-refractivity contribution < 1.29 is 18.7 Å². The van der Waals surface area contributed by atoms with Crippen molar-refractivity contribution in [3.05, 3.63) is 59.9 Å². The Kier molecular flexibility index (Phi) is 6.28. The fourth-order valence-electron chi connectivity index (χ4n) is 2.81. The Bertz CT molecular complexity index is 991. The molecule has 1 aliphatic rings. The molecule has 0 aromatic heterocycles. The number of carbonyl (C=O) groups excluding carboxylic acids is 2. The number of ether oxygens (including phenoxy) is 1. The second kappa shape index (κ2) is 8.87. The molecule has 0 saturated carbocycles. The summed E-state index contributed by atoms with van der Waals surface area (Å²) in [5.74, 6) is -0.636. The van der Waals surface area contributed by atoms with Gasteiger partial charge in [-0.25, -0.2) is 9.29 Å². The highest BCUT2D eigenvalue weighted by Gasteiger charge is 2.41. The molecule has 0 bridgehead atoms. The third-order valence-electron chi connectivity index (χ3n) is 4.25. The van der Waals surface area contributed by atoms with E-state index in [4.69, 9.17) is 10.5 Å². The lowest BCUT2D eigenvalue weighted by molar-refractivity contribution is -0.121. The second-order valence-corrected chi connectivity index (χ2v) is 7.40. The Morgan fingerprint density at radius 3 is 2.55 bits per heavy atom. The lowest BCUT2D eigenvalue weighted by atomic mass is 10.1. The fraction of sp³-hybridized carbons (Fsp3) is 0.200. The molecule has 3 rings (SSSR count). The van der Waals surface area contributed by atoms with Gasteiger partial charge in [0.25, 0.3) is 0 Å². The average molecular weight is 414 g/mol. The SMILES string of the molecule is COc1ccccc1N1C(=O)CC(S/C(N)=N/N=C(\C)c2ccc(F)cc2)C1=O. The summed E-state index contributed by atoms with van der Waals surface area (Å²) in [7, 11) is 1.47. The number of imide groups is 1. The number of amidine groups is 1. The first-order chi connectivity index (χ1) is 13.9. The molecule has 9 heteroatoms. The molecule has 1 atom stereocenters. The molecule has 1 unspecified atom stereocenters. The maximum Gasteiger partial charge on any atom is 0.248 e. The largest absolute Gasteiger partial charge is 0.495 e. The van der Waals surface area contributed by atoms with Crippen molar-refractivity contribution >= 4 is 40.1 Å². The molecule has 0 spiro atoms. The molecule has 2 amide bonds. The number of benzene rings is 2. The van der Waals surface area contributed by atoms with E-state index in [1.54, 1.807) is 43.3 Å². The Balaban J connectivity index is 1.72. The number of carbonyl (C=O) groups is 2. The van der Waals surface area contributed by atoms with Gasteiger partial charge in [-0.1, -0.05) is 36.0 Å². The van der Waals surface area contributed by atoms with Crippen LogP contribution in [0.5, 0.6) is 5.75 Å². The molecule has 1 fully saturated rings. The van der Waals surface area contributed by atoms with E-state index in [-0.39, 0.29) is 29.2 Å². The minimum absolute atomic E-state index is 0.00156. The first-order valence-corrected chi connectivity index (χ1v) is 9.58. The lowest BCUT2D eigenvalue weighted by Crippen LogP contribution is -2.32. The average Bonchev–Trinajstić information content (AvgIpc) is 2.99. The number of nitrogens with two attached hydrogens (primary N) is 1. The molecule has 0 aliphatic carbocycles. The summed E-state index contributed by atoms with van der Waals surface area (Å²) in [6.07, 6.45) is -0.00156. The third kappa shape index (κ3) is 4.62. The maximum absolute atomic E-state index is 13.0. The standard InChI is InChI=1S/C20H19FN4O3S/c1-12(13-7-9-14(21)10-8-13)23-24-20(22)29-17-11-18(26)25(19(17)27)15-5-3-4-6-16(15)28-2/h3-10,17H,11H2,1-2H3,(H2,22,24)/b23-12+. The number of methoxy groups -OCH3 is 1. The zero-order valence-corrected chi connectivity index (χ0v) is 16.6. The molecule has 1 aliphatic heterocycles. The van der Waals surface area contributed by atoms with E-state index in [1.807, 2.05) is 0 Å². The Hall–Kier alpha value is -3.20. The topological polar surface area (TPSA) is 97.3 Å². The van der Waals surface area contributed by atoms with Crippen LogP contribution in [-0.2, 0) is 9.59 Å². The monoisotopic (exact) mass is 414 g/mol. The van der Waals surface area contributed by atoms with Crippen LogP contribution in [0.4, 0.5) is 10.1 Å². The van der Waals surface area contributed by atoms with Crippen molar-refractivity contribution in [1.82, 2.24) is 0 Å².